The van der Waals surface area contributed by atoms with Crippen LogP contribution in [0.15, 0.2) is 24.3 Å². The minimum atomic E-state index is -1.28. The number of rotatable bonds is 4. The van der Waals surface area contributed by atoms with E-state index in [0.717, 1.165) is 62.9 Å². The van der Waals surface area contributed by atoms with Gasteiger partial charge in [0, 0.05) is 18.4 Å². The number of para-hydroxylation sites is 1. The average Bonchev–Trinajstić information content (AvgIpc) is 3.27. The number of carbonyl (C=O) groups is 2. The highest BCUT2D eigenvalue weighted by Crippen LogP contribution is 2.50. The van der Waals surface area contributed by atoms with Crippen molar-refractivity contribution in [3.63, 3.8) is 0 Å². The topological polar surface area (TPSA) is 69.5 Å². The van der Waals surface area contributed by atoms with Gasteiger partial charge in [0.2, 0.25) is 0 Å². The highest BCUT2D eigenvalue weighted by molar-refractivity contribution is 6.06. The predicted octanol–water partition coefficient (Wildman–Crippen LogP) is 1.36. The smallest absolute Gasteiger partial charge is 0.309 e. The lowest BCUT2D eigenvalue weighted by molar-refractivity contribution is -0.904. The van der Waals surface area contributed by atoms with Crippen molar-refractivity contribution in [2.75, 3.05) is 31.3 Å². The van der Waals surface area contributed by atoms with E-state index < -0.39 is 5.79 Å². The Kier molecular flexibility index (Phi) is 5.29. The number of fused-ring (bicyclic) bond motifs is 3. The first-order valence-electron chi connectivity index (χ1n) is 11.4. The molecular formula is C23H31N2O5+. The molecule has 3 fully saturated rings. The number of carbonyl (C=O) groups excluding carboxylic acids is 2. The molecular weight excluding hydrogens is 384 g/mol. The standard InChI is InChI=1S/C23H30N2O5/c1-2-28-21(26)16-11-13-24(14-12-16)15-25-18-8-4-3-7-17(18)23(22(25)27)29-19-9-5-6-10-20(19)30-23/h3-4,7-8,16,19-20H,2,5-6,9-15H2,1H3/p+1/t19-,20-/m1/s1. The molecule has 1 aliphatic carbocycles. The van der Waals surface area contributed by atoms with Crippen molar-refractivity contribution in [1.29, 1.82) is 0 Å². The summed E-state index contributed by atoms with van der Waals surface area (Å²) in [6.07, 6.45) is 5.75. The van der Waals surface area contributed by atoms with E-state index in [0.29, 0.717) is 13.3 Å². The summed E-state index contributed by atoms with van der Waals surface area (Å²) in [5.41, 5.74) is 1.73. The van der Waals surface area contributed by atoms with Crippen LogP contribution in [-0.2, 0) is 29.6 Å². The van der Waals surface area contributed by atoms with Gasteiger partial charge < -0.3 is 19.1 Å². The van der Waals surface area contributed by atoms with Crippen LogP contribution in [0.4, 0.5) is 5.69 Å². The average molecular weight is 416 g/mol. The number of ether oxygens (including phenoxy) is 3. The molecule has 0 unspecified atom stereocenters. The fraction of sp³-hybridized carbons (Fsp3) is 0.652. The van der Waals surface area contributed by atoms with Gasteiger partial charge in [0.05, 0.1) is 43.5 Å². The van der Waals surface area contributed by atoms with Crippen molar-refractivity contribution in [3.05, 3.63) is 29.8 Å². The lowest BCUT2D eigenvalue weighted by atomic mass is 9.95. The van der Waals surface area contributed by atoms with Gasteiger partial charge >= 0.3 is 5.97 Å². The molecule has 2 saturated heterocycles. The minimum absolute atomic E-state index is 0.00313. The van der Waals surface area contributed by atoms with Gasteiger partial charge in [0.1, 0.15) is 0 Å². The number of hydrogen-bond donors (Lipinski definition) is 1. The Morgan fingerprint density at radius 1 is 1.13 bits per heavy atom. The zero-order chi connectivity index (χ0) is 20.7. The zero-order valence-electron chi connectivity index (χ0n) is 17.6. The molecule has 3 heterocycles. The fourth-order valence-electron chi connectivity index (χ4n) is 5.46. The lowest BCUT2D eigenvalue weighted by Gasteiger charge is -2.31. The molecule has 2 atom stereocenters. The van der Waals surface area contributed by atoms with Gasteiger partial charge in [-0.2, -0.15) is 0 Å². The SMILES string of the molecule is CCOC(=O)C1CC[NH+](CN2C(=O)C3(O[C@@H]4CCCC[C@H]4O3)c3ccccc32)CC1. The number of nitrogens with zero attached hydrogens (tertiary/aromatic N) is 1. The van der Waals surface area contributed by atoms with Crippen molar-refractivity contribution in [1.82, 2.24) is 0 Å². The summed E-state index contributed by atoms with van der Waals surface area (Å²) in [6.45, 7) is 4.52. The Morgan fingerprint density at radius 2 is 1.80 bits per heavy atom. The Hall–Kier alpha value is -1.96. The molecule has 1 spiro atoms. The molecule has 5 rings (SSSR count). The van der Waals surface area contributed by atoms with E-state index in [1.54, 1.807) is 0 Å². The second-order valence-corrected chi connectivity index (χ2v) is 8.90. The number of esters is 1. The van der Waals surface area contributed by atoms with Gasteiger partial charge in [-0.15, -0.1) is 0 Å². The molecule has 7 nitrogen and oxygen atoms in total. The van der Waals surface area contributed by atoms with Crippen molar-refractivity contribution in [3.8, 4) is 0 Å². The molecule has 30 heavy (non-hydrogen) atoms. The molecule has 162 valence electrons. The van der Waals surface area contributed by atoms with Crippen LogP contribution in [-0.4, -0.2) is 50.4 Å². The third-order valence-electron chi connectivity index (χ3n) is 7.05. The maximum atomic E-state index is 13.6. The third kappa shape index (κ3) is 3.24. The van der Waals surface area contributed by atoms with E-state index in [9.17, 15) is 9.59 Å². The molecule has 1 aromatic carbocycles. The minimum Gasteiger partial charge on any atom is -0.466 e. The summed E-state index contributed by atoms with van der Waals surface area (Å²) >= 11 is 0. The maximum Gasteiger partial charge on any atom is 0.309 e. The molecule has 7 heteroatoms. The molecule has 1 N–H and O–H groups in total. The van der Waals surface area contributed by atoms with E-state index in [-0.39, 0.29) is 30.0 Å². The zero-order valence-corrected chi connectivity index (χ0v) is 17.6. The summed E-state index contributed by atoms with van der Waals surface area (Å²) in [5.74, 6) is -1.49. The van der Waals surface area contributed by atoms with Crippen molar-refractivity contribution in [2.24, 2.45) is 5.92 Å². The number of anilines is 1. The first-order valence-corrected chi connectivity index (χ1v) is 11.4. The molecule has 0 radical (unpaired) electrons. The van der Waals surface area contributed by atoms with E-state index in [1.165, 1.54) is 4.90 Å². The Labute approximate surface area is 177 Å². The molecule has 4 aliphatic rings. The van der Waals surface area contributed by atoms with Crippen LogP contribution < -0.4 is 9.80 Å². The highest BCUT2D eigenvalue weighted by atomic mass is 16.8. The highest BCUT2D eigenvalue weighted by Gasteiger charge is 2.61. The second-order valence-electron chi connectivity index (χ2n) is 8.90. The van der Waals surface area contributed by atoms with Crippen LogP contribution in [0, 0.1) is 5.92 Å². The number of nitrogens with one attached hydrogen (secondary N) is 1. The second kappa shape index (κ2) is 7.94. The summed E-state index contributed by atoms with van der Waals surface area (Å²) in [7, 11) is 0. The number of hydrogen-bond acceptors (Lipinski definition) is 5. The molecule has 1 saturated carbocycles. The van der Waals surface area contributed by atoms with E-state index in [1.807, 2.05) is 36.1 Å². The van der Waals surface area contributed by atoms with Crippen molar-refractivity contribution < 1.29 is 28.7 Å². The normalized spacial score (nSPS) is 32.2. The molecule has 0 bridgehead atoms. The van der Waals surface area contributed by atoms with Crippen LogP contribution in [0.2, 0.25) is 0 Å². The lowest BCUT2D eigenvalue weighted by Crippen LogP contribution is -3.14. The first kappa shape index (κ1) is 20.0. The Balaban J connectivity index is 1.32. The Bertz CT molecular complexity index is 806. The van der Waals surface area contributed by atoms with Crippen LogP contribution in [0.5, 0.6) is 0 Å². The maximum absolute atomic E-state index is 13.6. The number of benzene rings is 1. The fourth-order valence-corrected chi connectivity index (χ4v) is 5.46. The predicted molar refractivity (Wildman–Crippen MR) is 109 cm³/mol. The summed E-state index contributed by atoms with van der Waals surface area (Å²) in [5, 5.41) is 0. The number of piperidine rings is 1. The number of likely N-dealkylation sites (tertiary alicyclic amines) is 1. The van der Waals surface area contributed by atoms with Gasteiger partial charge in [0.15, 0.2) is 6.67 Å². The van der Waals surface area contributed by atoms with Crippen molar-refractivity contribution >= 4 is 17.6 Å². The van der Waals surface area contributed by atoms with Crippen LogP contribution in [0.1, 0.15) is 51.0 Å². The van der Waals surface area contributed by atoms with E-state index >= 15 is 0 Å². The molecule has 1 aromatic rings. The van der Waals surface area contributed by atoms with Gasteiger partial charge in [-0.3, -0.25) is 14.5 Å². The van der Waals surface area contributed by atoms with Gasteiger partial charge in [-0.25, -0.2) is 0 Å². The first-order chi connectivity index (χ1) is 14.6. The Morgan fingerprint density at radius 3 is 2.47 bits per heavy atom. The number of quaternary nitrogens is 1. The van der Waals surface area contributed by atoms with Crippen molar-refractivity contribution in [2.45, 2.75) is 63.4 Å². The van der Waals surface area contributed by atoms with Gasteiger partial charge in [-0.1, -0.05) is 31.0 Å². The van der Waals surface area contributed by atoms with Crippen LogP contribution >= 0.6 is 0 Å². The largest absolute Gasteiger partial charge is 0.466 e. The third-order valence-corrected chi connectivity index (χ3v) is 7.05. The van der Waals surface area contributed by atoms with E-state index in [2.05, 4.69) is 0 Å². The van der Waals surface area contributed by atoms with E-state index in [4.69, 9.17) is 14.2 Å². The number of amides is 1. The molecule has 0 aromatic heterocycles. The summed E-state index contributed by atoms with van der Waals surface area (Å²) in [4.78, 5) is 28.8. The van der Waals surface area contributed by atoms with Gasteiger partial charge in [0.25, 0.3) is 11.7 Å². The summed E-state index contributed by atoms with van der Waals surface area (Å²) < 4.78 is 17.9. The molecule has 3 aliphatic heterocycles. The molecule has 1 amide bonds. The quantitative estimate of drug-likeness (QED) is 0.752. The van der Waals surface area contributed by atoms with Crippen LogP contribution in [0.25, 0.3) is 0 Å². The summed E-state index contributed by atoms with van der Waals surface area (Å²) in [6, 6.07) is 7.86. The monoisotopic (exact) mass is 415 g/mol. The van der Waals surface area contributed by atoms with Crippen LogP contribution in [0.3, 0.4) is 0 Å². The van der Waals surface area contributed by atoms with Gasteiger partial charge in [-0.05, 0) is 25.8 Å².